The van der Waals surface area contributed by atoms with E-state index in [2.05, 4.69) is 10.2 Å². The molecule has 0 spiro atoms. The van der Waals surface area contributed by atoms with Gasteiger partial charge in [-0.05, 0) is 12.1 Å². The highest BCUT2D eigenvalue weighted by molar-refractivity contribution is 7.89. The van der Waals surface area contributed by atoms with E-state index in [1.54, 1.807) is 0 Å². The van der Waals surface area contributed by atoms with Crippen LogP contribution in [0.5, 0.6) is 5.75 Å². The van der Waals surface area contributed by atoms with Crippen LogP contribution < -0.4 is 4.74 Å². The molecular formula is C12H15N3O3S. The van der Waals surface area contributed by atoms with Crippen molar-refractivity contribution in [3.63, 3.8) is 0 Å². The first-order chi connectivity index (χ1) is 9.10. The number of rotatable bonds is 6. The van der Waals surface area contributed by atoms with Crippen molar-refractivity contribution in [1.82, 2.24) is 14.5 Å². The first-order valence-electron chi connectivity index (χ1n) is 5.73. The topological polar surface area (TPSA) is 75.3 Å². The first kappa shape index (κ1) is 13.6. The third-order valence-electron chi connectivity index (χ3n) is 2.60. The SMILES string of the molecule is CN(CCOc1ccccc1)S(=O)(=O)c1cn[nH]c1. The molecule has 6 nitrogen and oxygen atoms in total. The van der Waals surface area contributed by atoms with Crippen LogP contribution in [0.3, 0.4) is 0 Å². The number of hydrogen-bond acceptors (Lipinski definition) is 4. The molecule has 0 bridgehead atoms. The van der Waals surface area contributed by atoms with Crippen molar-refractivity contribution in [2.75, 3.05) is 20.2 Å². The number of H-pyrrole nitrogens is 1. The predicted molar refractivity (Wildman–Crippen MR) is 70.3 cm³/mol. The fourth-order valence-corrected chi connectivity index (χ4v) is 2.55. The Kier molecular flexibility index (Phi) is 4.18. The number of benzene rings is 1. The maximum Gasteiger partial charge on any atom is 0.246 e. The summed E-state index contributed by atoms with van der Waals surface area (Å²) in [5, 5.41) is 6.12. The number of nitrogens with one attached hydrogen (secondary N) is 1. The van der Waals surface area contributed by atoms with E-state index in [4.69, 9.17) is 4.74 Å². The lowest BCUT2D eigenvalue weighted by Gasteiger charge is -2.16. The van der Waals surface area contributed by atoms with Crippen LogP contribution in [-0.4, -0.2) is 43.1 Å². The van der Waals surface area contributed by atoms with Gasteiger partial charge in [0.05, 0.1) is 6.20 Å². The average Bonchev–Trinajstić information content (AvgIpc) is 2.94. The van der Waals surface area contributed by atoms with Crippen molar-refractivity contribution in [3.05, 3.63) is 42.7 Å². The van der Waals surface area contributed by atoms with E-state index in [0.717, 1.165) is 5.75 Å². The summed E-state index contributed by atoms with van der Waals surface area (Å²) in [6.45, 7) is 0.556. The number of nitrogens with zero attached hydrogens (tertiary/aromatic N) is 2. The van der Waals surface area contributed by atoms with Gasteiger partial charge in [-0.15, -0.1) is 0 Å². The molecule has 0 amide bonds. The van der Waals surface area contributed by atoms with E-state index in [1.807, 2.05) is 30.3 Å². The highest BCUT2D eigenvalue weighted by Crippen LogP contribution is 2.12. The van der Waals surface area contributed by atoms with Crippen LogP contribution in [0, 0.1) is 0 Å². The van der Waals surface area contributed by atoms with Crippen molar-refractivity contribution < 1.29 is 13.2 Å². The second-order valence-electron chi connectivity index (χ2n) is 3.92. The Balaban J connectivity index is 1.90. The highest BCUT2D eigenvalue weighted by atomic mass is 32.2. The summed E-state index contributed by atoms with van der Waals surface area (Å²) >= 11 is 0. The van der Waals surface area contributed by atoms with E-state index in [9.17, 15) is 8.42 Å². The van der Waals surface area contributed by atoms with Crippen LogP contribution in [0.1, 0.15) is 0 Å². The standard InChI is InChI=1S/C12H15N3O3S/c1-15(19(16,17)12-9-13-14-10-12)7-8-18-11-5-3-2-4-6-11/h2-6,9-10H,7-8H2,1H3,(H,13,14). The molecular weight excluding hydrogens is 266 g/mol. The summed E-state index contributed by atoms with van der Waals surface area (Å²) in [5.41, 5.74) is 0. The third-order valence-corrected chi connectivity index (χ3v) is 4.42. The minimum atomic E-state index is -3.49. The van der Waals surface area contributed by atoms with Gasteiger partial charge in [-0.25, -0.2) is 8.42 Å². The van der Waals surface area contributed by atoms with Gasteiger partial charge in [-0.3, -0.25) is 5.10 Å². The quantitative estimate of drug-likeness (QED) is 0.860. The molecule has 1 aromatic heterocycles. The number of ether oxygens (including phenoxy) is 1. The van der Waals surface area contributed by atoms with E-state index < -0.39 is 10.0 Å². The summed E-state index contributed by atoms with van der Waals surface area (Å²) in [6.07, 6.45) is 2.63. The molecule has 0 fully saturated rings. The van der Waals surface area contributed by atoms with Crippen molar-refractivity contribution >= 4 is 10.0 Å². The molecule has 0 aliphatic carbocycles. The molecule has 0 saturated carbocycles. The van der Waals surface area contributed by atoms with Crippen LogP contribution in [0.4, 0.5) is 0 Å². The summed E-state index contributed by atoms with van der Waals surface area (Å²) in [5.74, 6) is 0.719. The molecule has 1 N–H and O–H groups in total. The van der Waals surface area contributed by atoms with E-state index in [1.165, 1.54) is 23.7 Å². The first-order valence-corrected chi connectivity index (χ1v) is 7.17. The van der Waals surface area contributed by atoms with E-state index >= 15 is 0 Å². The highest BCUT2D eigenvalue weighted by Gasteiger charge is 2.21. The zero-order valence-electron chi connectivity index (χ0n) is 10.5. The van der Waals surface area contributed by atoms with Gasteiger partial charge in [0.25, 0.3) is 0 Å². The van der Waals surface area contributed by atoms with Crippen molar-refractivity contribution in [2.24, 2.45) is 0 Å². The summed E-state index contributed by atoms with van der Waals surface area (Å²) in [7, 11) is -1.98. The Morgan fingerprint density at radius 1 is 1.32 bits per heavy atom. The molecule has 7 heteroatoms. The number of hydrogen-bond donors (Lipinski definition) is 1. The molecule has 0 aliphatic heterocycles. The van der Waals surface area contributed by atoms with Gasteiger partial charge in [-0.1, -0.05) is 18.2 Å². The summed E-state index contributed by atoms with van der Waals surface area (Å²) in [4.78, 5) is 0.148. The largest absolute Gasteiger partial charge is 0.492 e. The fraction of sp³-hybridized carbons (Fsp3) is 0.250. The molecule has 1 aromatic carbocycles. The number of aromatic nitrogens is 2. The molecule has 1 heterocycles. The Bertz CT molecular complexity index is 596. The number of para-hydroxylation sites is 1. The zero-order chi connectivity index (χ0) is 13.7. The van der Waals surface area contributed by atoms with Crippen molar-refractivity contribution in [3.8, 4) is 5.75 Å². The third kappa shape index (κ3) is 3.33. The number of likely N-dealkylation sites (N-methyl/N-ethyl adjacent to an activating group) is 1. The Morgan fingerprint density at radius 2 is 2.05 bits per heavy atom. The van der Waals surface area contributed by atoms with Crippen LogP contribution in [0.2, 0.25) is 0 Å². The smallest absolute Gasteiger partial charge is 0.246 e. The Hall–Kier alpha value is -1.86. The van der Waals surface area contributed by atoms with Crippen LogP contribution in [-0.2, 0) is 10.0 Å². The molecule has 0 aliphatic rings. The van der Waals surface area contributed by atoms with Gasteiger partial charge in [0, 0.05) is 19.8 Å². The molecule has 19 heavy (non-hydrogen) atoms. The average molecular weight is 281 g/mol. The lowest BCUT2D eigenvalue weighted by atomic mass is 10.3. The molecule has 2 rings (SSSR count). The van der Waals surface area contributed by atoms with Gasteiger partial charge in [0.2, 0.25) is 10.0 Å². The Morgan fingerprint density at radius 3 is 2.68 bits per heavy atom. The van der Waals surface area contributed by atoms with Gasteiger partial charge in [0.1, 0.15) is 17.3 Å². The predicted octanol–water partition coefficient (Wildman–Crippen LogP) is 1.11. The molecule has 0 atom stereocenters. The van der Waals surface area contributed by atoms with Crippen molar-refractivity contribution in [1.29, 1.82) is 0 Å². The van der Waals surface area contributed by atoms with Crippen LogP contribution in [0.15, 0.2) is 47.6 Å². The van der Waals surface area contributed by atoms with Gasteiger partial charge < -0.3 is 4.74 Å². The molecule has 2 aromatic rings. The van der Waals surface area contributed by atoms with Crippen LogP contribution in [0.25, 0.3) is 0 Å². The maximum atomic E-state index is 12.0. The molecule has 0 unspecified atom stereocenters. The molecule has 0 radical (unpaired) electrons. The number of sulfonamides is 1. The number of aromatic amines is 1. The minimum Gasteiger partial charge on any atom is -0.492 e. The fourth-order valence-electron chi connectivity index (χ4n) is 1.49. The van der Waals surface area contributed by atoms with Gasteiger partial charge >= 0.3 is 0 Å². The molecule has 0 saturated heterocycles. The lowest BCUT2D eigenvalue weighted by Crippen LogP contribution is -2.30. The van der Waals surface area contributed by atoms with E-state index in [0.29, 0.717) is 0 Å². The van der Waals surface area contributed by atoms with Crippen molar-refractivity contribution in [2.45, 2.75) is 4.90 Å². The molecule has 102 valence electrons. The lowest BCUT2D eigenvalue weighted by molar-refractivity contribution is 0.287. The minimum absolute atomic E-state index is 0.148. The monoisotopic (exact) mass is 281 g/mol. The van der Waals surface area contributed by atoms with Gasteiger partial charge in [-0.2, -0.15) is 9.40 Å². The van der Waals surface area contributed by atoms with Crippen LogP contribution >= 0.6 is 0 Å². The van der Waals surface area contributed by atoms with Gasteiger partial charge in [0.15, 0.2) is 0 Å². The second-order valence-corrected chi connectivity index (χ2v) is 5.97. The Labute approximate surface area is 112 Å². The summed E-state index contributed by atoms with van der Waals surface area (Å²) in [6, 6.07) is 9.26. The summed E-state index contributed by atoms with van der Waals surface area (Å²) < 4.78 is 30.8. The van der Waals surface area contributed by atoms with E-state index in [-0.39, 0.29) is 18.0 Å². The second kappa shape index (κ2) is 5.85. The zero-order valence-corrected chi connectivity index (χ0v) is 11.3. The maximum absolute atomic E-state index is 12.0. The normalized spacial score (nSPS) is 11.7.